The molecule has 2 amide bonds. The number of carbonyl (C=O) groups excluding carboxylic acids is 2. The second kappa shape index (κ2) is 11.4. The van der Waals surface area contributed by atoms with Gasteiger partial charge in [-0.15, -0.1) is 0 Å². The molecule has 1 aliphatic rings. The Morgan fingerprint density at radius 2 is 1.65 bits per heavy atom. The maximum atomic E-state index is 11.0. The molecule has 1 atom stereocenters. The molecule has 0 radical (unpaired) electrons. The van der Waals surface area contributed by atoms with Gasteiger partial charge in [0.05, 0.1) is 0 Å². The molecule has 1 aliphatic heterocycles. The van der Waals surface area contributed by atoms with Crippen molar-refractivity contribution in [3.8, 4) is 0 Å². The molecule has 0 aliphatic carbocycles. The van der Waals surface area contributed by atoms with Crippen LogP contribution in [0, 0.1) is 0 Å². The van der Waals surface area contributed by atoms with E-state index >= 15 is 0 Å². The van der Waals surface area contributed by atoms with Crippen LogP contribution in [0.4, 0.5) is 0 Å². The lowest BCUT2D eigenvalue weighted by Crippen LogP contribution is -2.48. The first-order chi connectivity index (χ1) is 8.09. The summed E-state index contributed by atoms with van der Waals surface area (Å²) in [5.41, 5.74) is 0. The summed E-state index contributed by atoms with van der Waals surface area (Å²) in [6, 6.07) is 0.148. The second-order valence-electron chi connectivity index (χ2n) is 3.50. The van der Waals surface area contributed by atoms with Gasteiger partial charge in [-0.05, 0) is 12.8 Å². The van der Waals surface area contributed by atoms with Gasteiger partial charge < -0.3 is 10.2 Å². The monoisotopic (exact) mass is 244 g/mol. The van der Waals surface area contributed by atoms with Crippen LogP contribution < -0.4 is 5.32 Å². The molecule has 4 heteroatoms. The van der Waals surface area contributed by atoms with Crippen LogP contribution in [0.15, 0.2) is 0 Å². The Labute approximate surface area is 106 Å². The molecule has 4 nitrogen and oxygen atoms in total. The van der Waals surface area contributed by atoms with E-state index in [1.807, 2.05) is 27.7 Å². The summed E-state index contributed by atoms with van der Waals surface area (Å²) in [5, 5.41) is 2.83. The van der Waals surface area contributed by atoms with Crippen LogP contribution >= 0.6 is 0 Å². The standard InChI is InChI=1S/C9H16N2O2.2C2H6/c1-7(12)10-9-4-3-5-11(6-9)8(2)13;2*1-2/h9H,3-6H2,1-2H3,(H,10,12);2*1-2H3. The van der Waals surface area contributed by atoms with Crippen LogP contribution in [0.3, 0.4) is 0 Å². The van der Waals surface area contributed by atoms with Gasteiger partial charge in [0.15, 0.2) is 0 Å². The molecule has 1 unspecified atom stereocenters. The molecule has 0 aromatic rings. The van der Waals surface area contributed by atoms with Crippen LogP contribution in [0.1, 0.15) is 54.4 Å². The minimum atomic E-state index is -0.0181. The fourth-order valence-corrected chi connectivity index (χ4v) is 1.67. The van der Waals surface area contributed by atoms with Gasteiger partial charge in [-0.1, -0.05) is 27.7 Å². The van der Waals surface area contributed by atoms with E-state index in [9.17, 15) is 9.59 Å². The molecule has 0 spiro atoms. The van der Waals surface area contributed by atoms with Crippen molar-refractivity contribution >= 4 is 11.8 Å². The fourth-order valence-electron chi connectivity index (χ4n) is 1.67. The average Bonchev–Trinajstić information content (AvgIpc) is 2.33. The van der Waals surface area contributed by atoms with E-state index in [0.717, 1.165) is 19.4 Å². The molecule has 1 rings (SSSR count). The third kappa shape index (κ3) is 8.72. The highest BCUT2D eigenvalue weighted by Crippen LogP contribution is 2.09. The number of piperidine rings is 1. The van der Waals surface area contributed by atoms with Crippen LogP contribution in [0.25, 0.3) is 0 Å². The summed E-state index contributed by atoms with van der Waals surface area (Å²) in [6.45, 7) is 12.6. The predicted molar refractivity (Wildman–Crippen MR) is 71.8 cm³/mol. The van der Waals surface area contributed by atoms with Gasteiger partial charge in [0.2, 0.25) is 11.8 Å². The first kappa shape index (κ1) is 18.3. The van der Waals surface area contributed by atoms with Gasteiger partial charge in [0.1, 0.15) is 0 Å². The Morgan fingerprint density at radius 1 is 1.12 bits per heavy atom. The maximum Gasteiger partial charge on any atom is 0.219 e. The van der Waals surface area contributed by atoms with Crippen molar-refractivity contribution in [3.63, 3.8) is 0 Å². The normalized spacial score (nSPS) is 18.0. The molecule has 0 bridgehead atoms. The van der Waals surface area contributed by atoms with Gasteiger partial charge >= 0.3 is 0 Å². The largest absolute Gasteiger partial charge is 0.352 e. The van der Waals surface area contributed by atoms with Crippen molar-refractivity contribution in [1.29, 1.82) is 0 Å². The lowest BCUT2D eigenvalue weighted by atomic mass is 10.1. The first-order valence-electron chi connectivity index (χ1n) is 6.62. The fraction of sp³-hybridized carbons (Fsp3) is 0.846. The Morgan fingerprint density at radius 3 is 2.06 bits per heavy atom. The summed E-state index contributed by atoms with van der Waals surface area (Å²) < 4.78 is 0. The number of likely N-dealkylation sites (tertiary alicyclic amines) is 1. The highest BCUT2D eigenvalue weighted by Gasteiger charge is 2.21. The molecule has 17 heavy (non-hydrogen) atoms. The summed E-state index contributed by atoms with van der Waals surface area (Å²) in [5.74, 6) is 0.0745. The van der Waals surface area contributed by atoms with Crippen LogP contribution in [-0.2, 0) is 9.59 Å². The number of carbonyl (C=O) groups is 2. The first-order valence-corrected chi connectivity index (χ1v) is 6.62. The third-order valence-corrected chi connectivity index (χ3v) is 2.27. The van der Waals surface area contributed by atoms with E-state index in [2.05, 4.69) is 5.32 Å². The quantitative estimate of drug-likeness (QED) is 0.768. The van der Waals surface area contributed by atoms with Gasteiger partial charge in [-0.25, -0.2) is 0 Å². The number of nitrogens with zero attached hydrogens (tertiary/aromatic N) is 1. The Hall–Kier alpha value is -1.06. The van der Waals surface area contributed by atoms with E-state index in [0.29, 0.717) is 6.54 Å². The predicted octanol–water partition coefficient (Wildman–Crippen LogP) is 2.19. The zero-order valence-corrected chi connectivity index (χ0v) is 12.2. The Kier molecular flexibility index (Phi) is 12.3. The lowest BCUT2D eigenvalue weighted by Gasteiger charge is -2.32. The Bertz CT molecular complexity index is 217. The van der Waals surface area contributed by atoms with Gasteiger partial charge in [-0.3, -0.25) is 9.59 Å². The molecule has 0 aromatic carbocycles. The van der Waals surface area contributed by atoms with Gasteiger partial charge in [0.25, 0.3) is 0 Å². The third-order valence-electron chi connectivity index (χ3n) is 2.27. The number of rotatable bonds is 1. The summed E-state index contributed by atoms with van der Waals surface area (Å²) in [6.07, 6.45) is 1.95. The van der Waals surface area contributed by atoms with Gasteiger partial charge in [0, 0.05) is 33.0 Å². The van der Waals surface area contributed by atoms with E-state index in [1.54, 1.807) is 11.8 Å². The smallest absolute Gasteiger partial charge is 0.219 e. The number of hydrogen-bond donors (Lipinski definition) is 1. The van der Waals surface area contributed by atoms with Crippen molar-refractivity contribution < 1.29 is 9.59 Å². The zero-order chi connectivity index (χ0) is 13.8. The minimum Gasteiger partial charge on any atom is -0.352 e. The van der Waals surface area contributed by atoms with E-state index in [1.165, 1.54) is 6.92 Å². The minimum absolute atomic E-state index is 0.0181. The van der Waals surface area contributed by atoms with Gasteiger partial charge in [-0.2, -0.15) is 0 Å². The molecule has 0 aromatic heterocycles. The number of amides is 2. The highest BCUT2D eigenvalue weighted by molar-refractivity contribution is 5.74. The topological polar surface area (TPSA) is 49.4 Å². The molecule has 1 heterocycles. The molecular formula is C13H28N2O2. The van der Waals surface area contributed by atoms with Crippen LogP contribution in [0.2, 0.25) is 0 Å². The maximum absolute atomic E-state index is 11.0. The lowest BCUT2D eigenvalue weighted by molar-refractivity contribution is -0.131. The molecule has 1 saturated heterocycles. The molecule has 0 saturated carbocycles. The number of hydrogen-bond acceptors (Lipinski definition) is 2. The summed E-state index contributed by atoms with van der Waals surface area (Å²) >= 11 is 0. The van der Waals surface area contributed by atoms with Crippen molar-refractivity contribution in [3.05, 3.63) is 0 Å². The molecule has 1 fully saturated rings. The van der Waals surface area contributed by atoms with E-state index in [-0.39, 0.29) is 17.9 Å². The Balaban J connectivity index is 0. The van der Waals surface area contributed by atoms with Crippen molar-refractivity contribution in [1.82, 2.24) is 10.2 Å². The van der Waals surface area contributed by atoms with E-state index in [4.69, 9.17) is 0 Å². The van der Waals surface area contributed by atoms with Crippen molar-refractivity contribution in [2.75, 3.05) is 13.1 Å². The SMILES string of the molecule is CC.CC.CC(=O)NC1CCCN(C(C)=O)C1. The van der Waals surface area contributed by atoms with Crippen molar-refractivity contribution in [2.45, 2.75) is 60.4 Å². The zero-order valence-electron chi connectivity index (χ0n) is 12.2. The second-order valence-corrected chi connectivity index (χ2v) is 3.50. The van der Waals surface area contributed by atoms with Crippen LogP contribution in [-0.4, -0.2) is 35.8 Å². The summed E-state index contributed by atoms with van der Waals surface area (Å²) in [4.78, 5) is 23.6. The molecule has 1 N–H and O–H groups in total. The average molecular weight is 244 g/mol. The van der Waals surface area contributed by atoms with Crippen LogP contribution in [0.5, 0.6) is 0 Å². The van der Waals surface area contributed by atoms with E-state index < -0.39 is 0 Å². The van der Waals surface area contributed by atoms with Crippen molar-refractivity contribution in [2.24, 2.45) is 0 Å². The molecule has 102 valence electrons. The highest BCUT2D eigenvalue weighted by atomic mass is 16.2. The molecular weight excluding hydrogens is 216 g/mol. The number of nitrogens with one attached hydrogen (secondary N) is 1. The summed E-state index contributed by atoms with van der Waals surface area (Å²) in [7, 11) is 0.